The molecule has 2 aromatic rings. The summed E-state index contributed by atoms with van der Waals surface area (Å²) >= 11 is 5.24. The second-order valence-electron chi connectivity index (χ2n) is 4.50. The number of halogens is 1. The zero-order valence-electron chi connectivity index (χ0n) is 10.4. The van der Waals surface area contributed by atoms with Gasteiger partial charge in [-0.15, -0.1) is 11.3 Å². The van der Waals surface area contributed by atoms with Gasteiger partial charge in [0.2, 0.25) is 5.95 Å². The minimum absolute atomic E-state index is 0.550. The van der Waals surface area contributed by atoms with Crippen LogP contribution in [0.25, 0.3) is 10.2 Å². The summed E-state index contributed by atoms with van der Waals surface area (Å²) in [6.07, 6.45) is 1.22. The van der Waals surface area contributed by atoms with Crippen molar-refractivity contribution in [3.05, 3.63) is 9.85 Å². The van der Waals surface area contributed by atoms with E-state index in [-0.39, 0.29) is 0 Å². The maximum Gasteiger partial charge on any atom is 0.228 e. The molecule has 4 nitrogen and oxygen atoms in total. The first-order valence-electron chi connectivity index (χ1n) is 6.16. The Balaban J connectivity index is 2.12. The maximum atomic E-state index is 4.69. The number of aromatic nitrogens is 2. The van der Waals surface area contributed by atoms with Crippen LogP contribution in [0, 0.1) is 0 Å². The zero-order valence-corrected chi connectivity index (χ0v) is 12.8. The standard InChI is InChI=1S/C12H15BrN4S/c1-3-14-11-10-9(8(13)6-18-10)15-12(16-11)17-5-4-7(17)2/h6-7H,3-5H2,1-2H3,(H,14,15,16)/t7-/m0/s1. The van der Waals surface area contributed by atoms with Crippen molar-refractivity contribution < 1.29 is 0 Å². The predicted octanol–water partition coefficient (Wildman–Crippen LogP) is 3.48. The molecule has 1 aliphatic heterocycles. The van der Waals surface area contributed by atoms with Crippen molar-refractivity contribution in [2.45, 2.75) is 26.3 Å². The molecule has 6 heteroatoms. The van der Waals surface area contributed by atoms with Gasteiger partial charge in [-0.05, 0) is 36.2 Å². The van der Waals surface area contributed by atoms with E-state index in [4.69, 9.17) is 0 Å². The summed E-state index contributed by atoms with van der Waals surface area (Å²) in [5.74, 6) is 1.80. The van der Waals surface area contributed by atoms with Crippen molar-refractivity contribution >= 4 is 49.2 Å². The molecule has 0 aliphatic carbocycles. The Hall–Kier alpha value is -0.880. The molecular weight excluding hydrogens is 312 g/mol. The fourth-order valence-corrected chi connectivity index (χ4v) is 3.64. The highest BCUT2D eigenvalue weighted by Crippen LogP contribution is 2.35. The molecule has 1 fully saturated rings. The third-order valence-electron chi connectivity index (χ3n) is 3.28. The van der Waals surface area contributed by atoms with Gasteiger partial charge in [-0.3, -0.25) is 0 Å². The number of nitrogens with zero attached hydrogens (tertiary/aromatic N) is 3. The van der Waals surface area contributed by atoms with Gasteiger partial charge in [0, 0.05) is 24.5 Å². The largest absolute Gasteiger partial charge is 0.369 e. The molecule has 0 saturated carbocycles. The quantitative estimate of drug-likeness (QED) is 0.937. The first-order chi connectivity index (χ1) is 8.70. The van der Waals surface area contributed by atoms with Gasteiger partial charge in [-0.2, -0.15) is 4.98 Å². The maximum absolute atomic E-state index is 4.69. The Morgan fingerprint density at radius 2 is 2.39 bits per heavy atom. The SMILES string of the molecule is CCNc1nc(N2CC[C@@H]2C)nc2c(Br)csc12. The highest BCUT2D eigenvalue weighted by atomic mass is 79.9. The molecule has 96 valence electrons. The fourth-order valence-electron chi connectivity index (χ4n) is 2.11. The minimum atomic E-state index is 0.550. The molecule has 1 saturated heterocycles. The summed E-state index contributed by atoms with van der Waals surface area (Å²) in [6, 6.07) is 0.550. The second kappa shape index (κ2) is 4.66. The average Bonchev–Trinajstić information content (AvgIpc) is 2.70. The predicted molar refractivity (Wildman–Crippen MR) is 80.7 cm³/mol. The monoisotopic (exact) mass is 326 g/mol. The van der Waals surface area contributed by atoms with Gasteiger partial charge in [0.25, 0.3) is 0 Å². The van der Waals surface area contributed by atoms with Crippen molar-refractivity contribution in [2.75, 3.05) is 23.3 Å². The Morgan fingerprint density at radius 3 is 3.00 bits per heavy atom. The van der Waals surface area contributed by atoms with E-state index in [0.717, 1.165) is 39.5 Å². The van der Waals surface area contributed by atoms with Crippen LogP contribution in [0.4, 0.5) is 11.8 Å². The van der Waals surface area contributed by atoms with Gasteiger partial charge < -0.3 is 10.2 Å². The third kappa shape index (κ3) is 1.87. The van der Waals surface area contributed by atoms with Crippen LogP contribution in [-0.2, 0) is 0 Å². The number of rotatable bonds is 3. The molecule has 3 rings (SSSR count). The topological polar surface area (TPSA) is 41.1 Å². The van der Waals surface area contributed by atoms with Crippen LogP contribution in [0.5, 0.6) is 0 Å². The molecule has 1 atom stereocenters. The summed E-state index contributed by atoms with van der Waals surface area (Å²) in [4.78, 5) is 11.6. The lowest BCUT2D eigenvalue weighted by Gasteiger charge is -2.38. The highest BCUT2D eigenvalue weighted by Gasteiger charge is 2.27. The number of fused-ring (bicyclic) bond motifs is 1. The summed E-state index contributed by atoms with van der Waals surface area (Å²) < 4.78 is 2.18. The first kappa shape index (κ1) is 12.2. The minimum Gasteiger partial charge on any atom is -0.369 e. The van der Waals surface area contributed by atoms with E-state index in [0.29, 0.717) is 6.04 Å². The lowest BCUT2D eigenvalue weighted by Crippen LogP contribution is -2.46. The van der Waals surface area contributed by atoms with Crippen molar-refractivity contribution in [2.24, 2.45) is 0 Å². The van der Waals surface area contributed by atoms with E-state index in [1.165, 1.54) is 6.42 Å². The zero-order chi connectivity index (χ0) is 12.7. The van der Waals surface area contributed by atoms with E-state index < -0.39 is 0 Å². The van der Waals surface area contributed by atoms with Crippen LogP contribution < -0.4 is 10.2 Å². The summed E-state index contributed by atoms with van der Waals surface area (Å²) in [5.41, 5.74) is 1.01. The number of thiophene rings is 1. The van der Waals surface area contributed by atoms with E-state index >= 15 is 0 Å². The summed E-state index contributed by atoms with van der Waals surface area (Å²) in [6.45, 7) is 6.23. The molecule has 0 amide bonds. The molecule has 1 aliphatic rings. The van der Waals surface area contributed by atoms with Crippen LogP contribution in [-0.4, -0.2) is 29.1 Å². The van der Waals surface area contributed by atoms with Crippen molar-refractivity contribution in [1.29, 1.82) is 0 Å². The molecule has 1 N–H and O–H groups in total. The molecule has 0 bridgehead atoms. The van der Waals surface area contributed by atoms with Crippen LogP contribution in [0.1, 0.15) is 20.3 Å². The average molecular weight is 327 g/mol. The smallest absolute Gasteiger partial charge is 0.228 e. The highest BCUT2D eigenvalue weighted by molar-refractivity contribution is 9.10. The number of hydrogen-bond acceptors (Lipinski definition) is 5. The molecule has 2 aromatic heterocycles. The first-order valence-corrected chi connectivity index (χ1v) is 7.83. The normalized spacial score (nSPS) is 19.1. The molecular formula is C12H15BrN4S. The van der Waals surface area contributed by atoms with Gasteiger partial charge in [-0.1, -0.05) is 0 Å². The van der Waals surface area contributed by atoms with Gasteiger partial charge in [-0.25, -0.2) is 4.98 Å². The Kier molecular flexibility index (Phi) is 3.15. The summed E-state index contributed by atoms with van der Waals surface area (Å²) in [5, 5.41) is 5.41. The van der Waals surface area contributed by atoms with E-state index in [9.17, 15) is 0 Å². The van der Waals surface area contributed by atoms with Crippen LogP contribution in [0.2, 0.25) is 0 Å². The summed E-state index contributed by atoms with van der Waals surface area (Å²) in [7, 11) is 0. The van der Waals surface area contributed by atoms with Crippen LogP contribution in [0.3, 0.4) is 0 Å². The van der Waals surface area contributed by atoms with Gasteiger partial charge >= 0.3 is 0 Å². The Bertz CT molecular complexity index is 583. The second-order valence-corrected chi connectivity index (χ2v) is 6.23. The Labute approximate surface area is 119 Å². The van der Waals surface area contributed by atoms with E-state index in [1.807, 2.05) is 0 Å². The lowest BCUT2D eigenvalue weighted by molar-refractivity contribution is 0.471. The van der Waals surface area contributed by atoms with Crippen LogP contribution in [0.15, 0.2) is 9.85 Å². The van der Waals surface area contributed by atoms with Gasteiger partial charge in [0.1, 0.15) is 11.3 Å². The number of nitrogens with one attached hydrogen (secondary N) is 1. The van der Waals surface area contributed by atoms with E-state index in [1.54, 1.807) is 11.3 Å². The van der Waals surface area contributed by atoms with Crippen molar-refractivity contribution in [3.63, 3.8) is 0 Å². The lowest BCUT2D eigenvalue weighted by atomic mass is 10.1. The number of anilines is 2. The van der Waals surface area contributed by atoms with Crippen molar-refractivity contribution in [1.82, 2.24) is 9.97 Å². The number of hydrogen-bond donors (Lipinski definition) is 1. The van der Waals surface area contributed by atoms with Crippen molar-refractivity contribution in [3.8, 4) is 0 Å². The molecule has 18 heavy (non-hydrogen) atoms. The fraction of sp³-hybridized carbons (Fsp3) is 0.500. The molecule has 0 radical (unpaired) electrons. The third-order valence-corrected chi connectivity index (χ3v) is 5.16. The van der Waals surface area contributed by atoms with E-state index in [2.05, 4.69) is 55.3 Å². The molecule has 0 aromatic carbocycles. The van der Waals surface area contributed by atoms with Gasteiger partial charge in [0.05, 0.1) is 9.17 Å². The molecule has 3 heterocycles. The van der Waals surface area contributed by atoms with Crippen LogP contribution >= 0.6 is 27.3 Å². The molecule has 0 unspecified atom stereocenters. The van der Waals surface area contributed by atoms with Gasteiger partial charge in [0.15, 0.2) is 0 Å². The Morgan fingerprint density at radius 1 is 1.56 bits per heavy atom. The molecule has 0 spiro atoms.